The molecule has 0 aromatic rings. The lowest BCUT2D eigenvalue weighted by atomic mass is 10.0. The Morgan fingerprint density at radius 3 is 2.77 bits per heavy atom. The van der Waals surface area contributed by atoms with Gasteiger partial charge in [0.2, 0.25) is 0 Å². The SMILES string of the molecule is C#CCCC(O)C(OCC)C1CC1. The maximum absolute atomic E-state index is 9.76. The normalized spacial score (nSPS) is 20.7. The molecule has 1 fully saturated rings. The topological polar surface area (TPSA) is 29.5 Å². The van der Waals surface area contributed by atoms with Crippen LogP contribution in [0.2, 0.25) is 0 Å². The van der Waals surface area contributed by atoms with Gasteiger partial charge in [-0.3, -0.25) is 0 Å². The highest BCUT2D eigenvalue weighted by Crippen LogP contribution is 2.36. The van der Waals surface area contributed by atoms with E-state index in [1.165, 1.54) is 12.8 Å². The number of terminal acetylenes is 1. The summed E-state index contributed by atoms with van der Waals surface area (Å²) in [5, 5.41) is 9.76. The third kappa shape index (κ3) is 3.38. The van der Waals surface area contributed by atoms with E-state index in [4.69, 9.17) is 11.2 Å². The van der Waals surface area contributed by atoms with Crippen molar-refractivity contribution in [2.75, 3.05) is 6.61 Å². The van der Waals surface area contributed by atoms with Crippen LogP contribution in [0.4, 0.5) is 0 Å². The van der Waals surface area contributed by atoms with E-state index >= 15 is 0 Å². The summed E-state index contributed by atoms with van der Waals surface area (Å²) in [4.78, 5) is 0. The average molecular weight is 182 g/mol. The summed E-state index contributed by atoms with van der Waals surface area (Å²) < 4.78 is 5.51. The highest BCUT2D eigenvalue weighted by atomic mass is 16.5. The van der Waals surface area contributed by atoms with Crippen molar-refractivity contribution in [3.8, 4) is 12.3 Å². The minimum absolute atomic E-state index is 0.0262. The predicted molar refractivity (Wildman–Crippen MR) is 52.2 cm³/mol. The van der Waals surface area contributed by atoms with Crippen LogP contribution in [0.1, 0.15) is 32.6 Å². The van der Waals surface area contributed by atoms with Gasteiger partial charge in [-0.2, -0.15) is 0 Å². The van der Waals surface area contributed by atoms with E-state index in [1.807, 2.05) is 6.92 Å². The first-order valence-electron chi connectivity index (χ1n) is 5.02. The smallest absolute Gasteiger partial charge is 0.0862 e. The molecule has 0 aliphatic heterocycles. The Bertz CT molecular complexity index is 179. The Kier molecular flexibility index (Phi) is 4.27. The van der Waals surface area contributed by atoms with Crippen molar-refractivity contribution in [1.29, 1.82) is 0 Å². The molecule has 0 aromatic carbocycles. The van der Waals surface area contributed by atoms with Crippen LogP contribution in [0.15, 0.2) is 0 Å². The van der Waals surface area contributed by atoms with E-state index < -0.39 is 0 Å². The second-order valence-electron chi connectivity index (χ2n) is 3.57. The molecule has 0 amide bonds. The van der Waals surface area contributed by atoms with Crippen molar-refractivity contribution in [3.05, 3.63) is 0 Å². The molecule has 0 bridgehead atoms. The van der Waals surface area contributed by atoms with Crippen LogP contribution < -0.4 is 0 Å². The van der Waals surface area contributed by atoms with E-state index in [0.29, 0.717) is 25.4 Å². The van der Waals surface area contributed by atoms with Crippen LogP contribution in [-0.4, -0.2) is 23.9 Å². The molecule has 1 aliphatic carbocycles. The summed E-state index contributed by atoms with van der Waals surface area (Å²) in [6.07, 6.45) is 8.48. The van der Waals surface area contributed by atoms with Gasteiger partial charge in [0, 0.05) is 13.0 Å². The van der Waals surface area contributed by atoms with Gasteiger partial charge < -0.3 is 9.84 Å². The summed E-state index contributed by atoms with van der Waals surface area (Å²) in [5.41, 5.74) is 0. The zero-order valence-electron chi connectivity index (χ0n) is 8.20. The van der Waals surface area contributed by atoms with E-state index in [-0.39, 0.29) is 12.2 Å². The Balaban J connectivity index is 2.30. The lowest BCUT2D eigenvalue weighted by Crippen LogP contribution is -2.31. The Morgan fingerprint density at radius 2 is 2.31 bits per heavy atom. The zero-order chi connectivity index (χ0) is 9.68. The van der Waals surface area contributed by atoms with Crippen molar-refractivity contribution < 1.29 is 9.84 Å². The molecule has 74 valence electrons. The van der Waals surface area contributed by atoms with E-state index in [0.717, 1.165) is 0 Å². The fourth-order valence-electron chi connectivity index (χ4n) is 1.57. The number of hydrogen-bond donors (Lipinski definition) is 1. The molecule has 0 spiro atoms. The van der Waals surface area contributed by atoms with Gasteiger partial charge in [-0.1, -0.05) is 0 Å². The molecule has 0 saturated heterocycles. The molecule has 0 aromatic heterocycles. The average Bonchev–Trinajstić information content (AvgIpc) is 2.93. The minimum atomic E-state index is -0.372. The van der Waals surface area contributed by atoms with E-state index in [1.54, 1.807) is 0 Å². The lowest BCUT2D eigenvalue weighted by Gasteiger charge is -2.21. The van der Waals surface area contributed by atoms with Gasteiger partial charge in [-0.15, -0.1) is 12.3 Å². The Morgan fingerprint density at radius 1 is 1.62 bits per heavy atom. The summed E-state index contributed by atoms with van der Waals surface area (Å²) in [6, 6.07) is 0. The number of aliphatic hydroxyl groups is 1. The predicted octanol–water partition coefficient (Wildman–Crippen LogP) is 1.58. The van der Waals surface area contributed by atoms with Gasteiger partial charge in [0.05, 0.1) is 12.2 Å². The number of rotatable bonds is 6. The van der Waals surface area contributed by atoms with Crippen LogP contribution in [-0.2, 0) is 4.74 Å². The molecule has 2 heteroatoms. The fourth-order valence-corrected chi connectivity index (χ4v) is 1.57. The maximum atomic E-state index is 9.76. The summed E-state index contributed by atoms with van der Waals surface area (Å²) in [5.74, 6) is 3.12. The number of ether oxygens (including phenoxy) is 1. The molecule has 1 rings (SSSR count). The monoisotopic (exact) mass is 182 g/mol. The Hall–Kier alpha value is -0.520. The summed E-state index contributed by atoms with van der Waals surface area (Å²) in [6.45, 7) is 2.64. The Labute approximate surface area is 80.3 Å². The molecule has 1 aliphatic rings. The largest absolute Gasteiger partial charge is 0.390 e. The maximum Gasteiger partial charge on any atom is 0.0862 e. The van der Waals surface area contributed by atoms with Gasteiger partial charge >= 0.3 is 0 Å². The first kappa shape index (κ1) is 10.6. The summed E-state index contributed by atoms with van der Waals surface area (Å²) in [7, 11) is 0. The molecule has 1 N–H and O–H groups in total. The van der Waals surface area contributed by atoms with Crippen molar-refractivity contribution in [1.82, 2.24) is 0 Å². The van der Waals surface area contributed by atoms with Crippen LogP contribution in [0.3, 0.4) is 0 Å². The van der Waals surface area contributed by atoms with Gasteiger partial charge in [0.1, 0.15) is 0 Å². The molecule has 2 atom stereocenters. The fraction of sp³-hybridized carbons (Fsp3) is 0.818. The molecule has 2 nitrogen and oxygen atoms in total. The van der Waals surface area contributed by atoms with Crippen LogP contribution >= 0.6 is 0 Å². The van der Waals surface area contributed by atoms with Gasteiger partial charge in [-0.25, -0.2) is 0 Å². The third-order valence-electron chi connectivity index (χ3n) is 2.41. The first-order chi connectivity index (χ1) is 6.29. The molecule has 0 radical (unpaired) electrons. The van der Waals surface area contributed by atoms with Crippen molar-refractivity contribution in [2.24, 2.45) is 5.92 Å². The molecular formula is C11H18O2. The standard InChI is InChI=1S/C11H18O2/c1-3-5-6-10(12)11(13-4-2)9-7-8-9/h1,9-12H,4-8H2,2H3. The van der Waals surface area contributed by atoms with E-state index in [2.05, 4.69) is 5.92 Å². The van der Waals surface area contributed by atoms with Gasteiger partial charge in [0.25, 0.3) is 0 Å². The molecule has 13 heavy (non-hydrogen) atoms. The lowest BCUT2D eigenvalue weighted by molar-refractivity contribution is -0.0468. The van der Waals surface area contributed by atoms with Crippen LogP contribution in [0.5, 0.6) is 0 Å². The molecule has 2 unspecified atom stereocenters. The van der Waals surface area contributed by atoms with Crippen molar-refractivity contribution >= 4 is 0 Å². The van der Waals surface area contributed by atoms with Crippen LogP contribution in [0.25, 0.3) is 0 Å². The van der Waals surface area contributed by atoms with Crippen LogP contribution in [0, 0.1) is 18.3 Å². The highest BCUT2D eigenvalue weighted by Gasteiger charge is 2.36. The van der Waals surface area contributed by atoms with Gasteiger partial charge in [0.15, 0.2) is 0 Å². The van der Waals surface area contributed by atoms with E-state index in [9.17, 15) is 5.11 Å². The molecule has 1 saturated carbocycles. The minimum Gasteiger partial charge on any atom is -0.390 e. The van der Waals surface area contributed by atoms with Crippen molar-refractivity contribution in [2.45, 2.75) is 44.8 Å². The zero-order valence-corrected chi connectivity index (χ0v) is 8.20. The third-order valence-corrected chi connectivity index (χ3v) is 2.41. The molecule has 0 heterocycles. The summed E-state index contributed by atoms with van der Waals surface area (Å²) >= 11 is 0. The first-order valence-corrected chi connectivity index (χ1v) is 5.02. The highest BCUT2D eigenvalue weighted by molar-refractivity contribution is 4.90. The second kappa shape index (κ2) is 5.26. The number of hydrogen-bond acceptors (Lipinski definition) is 2. The van der Waals surface area contributed by atoms with Gasteiger partial charge in [-0.05, 0) is 32.1 Å². The number of aliphatic hydroxyl groups excluding tert-OH is 1. The van der Waals surface area contributed by atoms with Crippen molar-refractivity contribution in [3.63, 3.8) is 0 Å². The quantitative estimate of drug-likeness (QED) is 0.632. The molecular weight excluding hydrogens is 164 g/mol. The second-order valence-corrected chi connectivity index (χ2v) is 3.57.